The molecule has 108 valence electrons. The minimum Gasteiger partial charge on any atom is -0.488 e. The zero-order valence-corrected chi connectivity index (χ0v) is 12.3. The fourth-order valence-corrected chi connectivity index (χ4v) is 4.36. The van der Waals surface area contributed by atoms with E-state index in [9.17, 15) is 0 Å². The molecular formula is C17H23NO2. The molecule has 0 radical (unpaired) electrons. The van der Waals surface area contributed by atoms with E-state index in [1.165, 1.54) is 12.0 Å². The number of nitrogens with one attached hydrogen (secondary N) is 1. The summed E-state index contributed by atoms with van der Waals surface area (Å²) in [5, 5.41) is 3.75. The summed E-state index contributed by atoms with van der Waals surface area (Å²) in [7, 11) is 0. The van der Waals surface area contributed by atoms with Gasteiger partial charge in [0.15, 0.2) is 0 Å². The third-order valence-electron chi connectivity index (χ3n) is 5.38. The van der Waals surface area contributed by atoms with Crippen molar-refractivity contribution >= 4 is 0 Å². The first-order valence-electron chi connectivity index (χ1n) is 7.76. The van der Waals surface area contributed by atoms with E-state index in [0.29, 0.717) is 18.1 Å². The van der Waals surface area contributed by atoms with Crippen LogP contribution in [0.15, 0.2) is 24.3 Å². The van der Waals surface area contributed by atoms with Crippen LogP contribution >= 0.6 is 0 Å². The van der Waals surface area contributed by atoms with Crippen molar-refractivity contribution in [3.05, 3.63) is 29.8 Å². The summed E-state index contributed by atoms with van der Waals surface area (Å²) in [6.45, 7) is 6.51. The number of fused-ring (bicyclic) bond motifs is 2. The highest BCUT2D eigenvalue weighted by Crippen LogP contribution is 2.52. The molecule has 0 amide bonds. The van der Waals surface area contributed by atoms with Gasteiger partial charge in [0.2, 0.25) is 0 Å². The first-order valence-corrected chi connectivity index (χ1v) is 7.76. The van der Waals surface area contributed by atoms with Crippen LogP contribution in [0.4, 0.5) is 0 Å². The summed E-state index contributed by atoms with van der Waals surface area (Å²) in [5.74, 6) is 1.77. The van der Waals surface area contributed by atoms with Crippen LogP contribution in [0.2, 0.25) is 0 Å². The van der Waals surface area contributed by atoms with Gasteiger partial charge < -0.3 is 14.8 Å². The van der Waals surface area contributed by atoms with Crippen molar-refractivity contribution in [1.29, 1.82) is 0 Å². The Morgan fingerprint density at radius 3 is 3.00 bits per heavy atom. The molecule has 2 heterocycles. The highest BCUT2D eigenvalue weighted by atomic mass is 16.5. The second-order valence-corrected chi connectivity index (χ2v) is 7.00. The van der Waals surface area contributed by atoms with Gasteiger partial charge in [-0.1, -0.05) is 32.0 Å². The third kappa shape index (κ3) is 1.80. The molecule has 3 aliphatic rings. The molecule has 3 heteroatoms. The molecule has 0 spiro atoms. The SMILES string of the molecule is CC1(C)C(NCC2Cc3ccccc3O2)C2CCOC21. The number of rotatable bonds is 3. The largest absolute Gasteiger partial charge is 0.488 e. The van der Waals surface area contributed by atoms with Gasteiger partial charge >= 0.3 is 0 Å². The lowest BCUT2D eigenvalue weighted by Crippen LogP contribution is -2.66. The number of benzene rings is 1. The van der Waals surface area contributed by atoms with Gasteiger partial charge in [0.1, 0.15) is 11.9 Å². The van der Waals surface area contributed by atoms with Crippen molar-refractivity contribution in [3.63, 3.8) is 0 Å². The van der Waals surface area contributed by atoms with E-state index in [1.807, 2.05) is 6.07 Å². The predicted molar refractivity (Wildman–Crippen MR) is 78.0 cm³/mol. The lowest BCUT2D eigenvalue weighted by atomic mass is 9.57. The summed E-state index contributed by atoms with van der Waals surface area (Å²) < 4.78 is 11.9. The van der Waals surface area contributed by atoms with E-state index in [0.717, 1.165) is 25.3 Å². The normalized spacial score (nSPS) is 36.9. The van der Waals surface area contributed by atoms with Gasteiger partial charge in [-0.3, -0.25) is 0 Å². The van der Waals surface area contributed by atoms with Crippen LogP contribution in [0.5, 0.6) is 5.75 Å². The molecule has 1 aromatic carbocycles. The number of ether oxygens (including phenoxy) is 2. The number of hydrogen-bond acceptors (Lipinski definition) is 3. The summed E-state index contributed by atoms with van der Waals surface area (Å²) in [6.07, 6.45) is 2.98. The van der Waals surface area contributed by atoms with Crippen LogP contribution < -0.4 is 10.1 Å². The Morgan fingerprint density at radius 1 is 1.30 bits per heavy atom. The van der Waals surface area contributed by atoms with E-state index >= 15 is 0 Å². The average molecular weight is 273 g/mol. The van der Waals surface area contributed by atoms with Gasteiger partial charge in [0.25, 0.3) is 0 Å². The Bertz CT molecular complexity index is 488. The first-order chi connectivity index (χ1) is 9.66. The summed E-state index contributed by atoms with van der Waals surface area (Å²) in [4.78, 5) is 0. The lowest BCUT2D eigenvalue weighted by molar-refractivity contribution is -0.113. The topological polar surface area (TPSA) is 30.5 Å². The molecule has 20 heavy (non-hydrogen) atoms. The summed E-state index contributed by atoms with van der Waals surface area (Å²) in [5.41, 5.74) is 1.60. The third-order valence-corrected chi connectivity index (χ3v) is 5.38. The molecule has 3 nitrogen and oxygen atoms in total. The molecule has 1 aromatic rings. The maximum absolute atomic E-state index is 6.01. The standard InChI is InChI=1S/C17H23NO2/c1-17(2)15(13-7-8-19-16(13)17)18-10-12-9-11-5-3-4-6-14(11)20-12/h3-6,12-13,15-16,18H,7-10H2,1-2H3. The molecule has 1 N–H and O–H groups in total. The van der Waals surface area contributed by atoms with Crippen LogP contribution in [-0.2, 0) is 11.2 Å². The Labute approximate surface area is 120 Å². The molecule has 0 aromatic heterocycles. The average Bonchev–Trinajstić information content (AvgIpc) is 3.03. The van der Waals surface area contributed by atoms with Crippen molar-refractivity contribution in [2.24, 2.45) is 11.3 Å². The summed E-state index contributed by atoms with van der Waals surface area (Å²) >= 11 is 0. The van der Waals surface area contributed by atoms with Crippen LogP contribution in [0, 0.1) is 11.3 Å². The molecule has 1 aliphatic carbocycles. The van der Waals surface area contributed by atoms with Crippen LogP contribution in [-0.4, -0.2) is 31.4 Å². The van der Waals surface area contributed by atoms with E-state index in [2.05, 4.69) is 37.4 Å². The van der Waals surface area contributed by atoms with Gasteiger partial charge in [-0.15, -0.1) is 0 Å². The Morgan fingerprint density at radius 2 is 2.15 bits per heavy atom. The van der Waals surface area contributed by atoms with Gasteiger partial charge in [-0.05, 0) is 18.1 Å². The smallest absolute Gasteiger partial charge is 0.123 e. The summed E-state index contributed by atoms with van der Waals surface area (Å²) in [6, 6.07) is 8.95. The van der Waals surface area contributed by atoms with E-state index in [1.54, 1.807) is 0 Å². The number of hydrogen-bond donors (Lipinski definition) is 1. The van der Waals surface area contributed by atoms with Gasteiger partial charge in [-0.2, -0.15) is 0 Å². The predicted octanol–water partition coefficient (Wildman–Crippen LogP) is 2.39. The van der Waals surface area contributed by atoms with E-state index in [-0.39, 0.29) is 11.5 Å². The highest BCUT2D eigenvalue weighted by Gasteiger charge is 2.59. The van der Waals surface area contributed by atoms with Crippen LogP contribution in [0.1, 0.15) is 25.8 Å². The van der Waals surface area contributed by atoms with Gasteiger partial charge in [0, 0.05) is 36.9 Å². The zero-order chi connectivity index (χ0) is 13.7. The second kappa shape index (κ2) is 4.47. The fraction of sp³-hybridized carbons (Fsp3) is 0.647. The Kier molecular flexibility index (Phi) is 2.83. The van der Waals surface area contributed by atoms with Crippen molar-refractivity contribution in [2.75, 3.05) is 13.2 Å². The van der Waals surface area contributed by atoms with Crippen LogP contribution in [0.25, 0.3) is 0 Å². The molecule has 2 fully saturated rings. The Balaban J connectivity index is 1.36. The zero-order valence-electron chi connectivity index (χ0n) is 12.3. The molecule has 1 saturated heterocycles. The maximum Gasteiger partial charge on any atom is 0.123 e. The van der Waals surface area contributed by atoms with Gasteiger partial charge in [0.05, 0.1) is 6.10 Å². The highest BCUT2D eigenvalue weighted by molar-refractivity contribution is 5.37. The minimum absolute atomic E-state index is 0.257. The van der Waals surface area contributed by atoms with Crippen LogP contribution in [0.3, 0.4) is 0 Å². The van der Waals surface area contributed by atoms with Crippen molar-refractivity contribution in [3.8, 4) is 5.75 Å². The second-order valence-electron chi connectivity index (χ2n) is 7.00. The quantitative estimate of drug-likeness (QED) is 0.917. The lowest BCUT2D eigenvalue weighted by Gasteiger charge is -2.55. The van der Waals surface area contributed by atoms with E-state index in [4.69, 9.17) is 9.47 Å². The maximum atomic E-state index is 6.01. The van der Waals surface area contributed by atoms with Crippen molar-refractivity contribution in [2.45, 2.75) is 44.9 Å². The number of para-hydroxylation sites is 1. The van der Waals surface area contributed by atoms with E-state index < -0.39 is 0 Å². The van der Waals surface area contributed by atoms with Crippen molar-refractivity contribution < 1.29 is 9.47 Å². The minimum atomic E-state index is 0.257. The van der Waals surface area contributed by atoms with Gasteiger partial charge in [-0.25, -0.2) is 0 Å². The molecule has 4 atom stereocenters. The molecule has 1 saturated carbocycles. The Hall–Kier alpha value is -1.06. The first kappa shape index (κ1) is 12.7. The molecule has 4 rings (SSSR count). The molecule has 0 bridgehead atoms. The van der Waals surface area contributed by atoms with Crippen molar-refractivity contribution in [1.82, 2.24) is 5.32 Å². The fourth-order valence-electron chi connectivity index (χ4n) is 4.36. The monoisotopic (exact) mass is 273 g/mol. The molecular weight excluding hydrogens is 250 g/mol. The molecule has 4 unspecified atom stereocenters. The molecule has 2 aliphatic heterocycles.